The predicted octanol–water partition coefficient (Wildman–Crippen LogP) is 2.02. The van der Waals surface area contributed by atoms with Crippen LogP contribution in [0.3, 0.4) is 0 Å². The molecule has 0 aliphatic carbocycles. The van der Waals surface area contributed by atoms with Crippen molar-refractivity contribution in [3.63, 3.8) is 0 Å². The van der Waals surface area contributed by atoms with E-state index in [-0.39, 0.29) is 18.5 Å². The molecule has 1 saturated heterocycles. The standard InChI is InChI=1S/C12H13ClN2O3/c1-7-2-3-8(13)4-10(7)15-6-9(5-11(16)17)14-12(15)18/h2-4,9H,5-6H2,1H3,(H,14,18)(H,16,17). The normalized spacial score (nSPS) is 18.9. The Balaban J connectivity index is 2.21. The second-order valence-corrected chi connectivity index (χ2v) is 4.72. The van der Waals surface area contributed by atoms with Gasteiger partial charge in [0.2, 0.25) is 0 Å². The third-order valence-corrected chi connectivity index (χ3v) is 3.09. The number of nitrogens with one attached hydrogen (secondary N) is 1. The van der Waals surface area contributed by atoms with Crippen molar-refractivity contribution in [2.24, 2.45) is 0 Å². The molecule has 1 heterocycles. The molecule has 0 bridgehead atoms. The van der Waals surface area contributed by atoms with E-state index in [0.29, 0.717) is 17.3 Å². The zero-order valence-corrected chi connectivity index (χ0v) is 10.6. The number of halogens is 1. The molecular weight excluding hydrogens is 256 g/mol. The van der Waals surface area contributed by atoms with Crippen LogP contribution in [0.1, 0.15) is 12.0 Å². The van der Waals surface area contributed by atoms with Gasteiger partial charge in [0, 0.05) is 17.3 Å². The van der Waals surface area contributed by atoms with Crippen molar-refractivity contribution in [1.29, 1.82) is 0 Å². The minimum atomic E-state index is -0.926. The Bertz CT molecular complexity index is 504. The molecule has 1 aromatic carbocycles. The fourth-order valence-corrected chi connectivity index (χ4v) is 2.18. The first-order valence-corrected chi connectivity index (χ1v) is 5.91. The molecule has 6 heteroatoms. The molecule has 0 spiro atoms. The number of aryl methyl sites for hydroxylation is 1. The van der Waals surface area contributed by atoms with E-state index in [9.17, 15) is 9.59 Å². The van der Waals surface area contributed by atoms with Crippen LogP contribution in [-0.4, -0.2) is 29.7 Å². The van der Waals surface area contributed by atoms with Crippen molar-refractivity contribution >= 4 is 29.3 Å². The lowest BCUT2D eigenvalue weighted by atomic mass is 10.1. The number of urea groups is 1. The van der Waals surface area contributed by atoms with Crippen LogP contribution in [-0.2, 0) is 4.79 Å². The molecule has 1 atom stereocenters. The Morgan fingerprint density at radius 1 is 1.61 bits per heavy atom. The van der Waals surface area contributed by atoms with Crippen LogP contribution in [0.2, 0.25) is 5.02 Å². The lowest BCUT2D eigenvalue weighted by Crippen LogP contribution is -2.29. The van der Waals surface area contributed by atoms with Gasteiger partial charge in [-0.2, -0.15) is 0 Å². The molecule has 0 radical (unpaired) electrons. The summed E-state index contributed by atoms with van der Waals surface area (Å²) in [7, 11) is 0. The smallest absolute Gasteiger partial charge is 0.322 e. The number of anilines is 1. The molecule has 0 aromatic heterocycles. The Morgan fingerprint density at radius 2 is 2.33 bits per heavy atom. The quantitative estimate of drug-likeness (QED) is 0.881. The number of aliphatic carboxylic acids is 1. The fourth-order valence-electron chi connectivity index (χ4n) is 2.01. The minimum absolute atomic E-state index is 0.0815. The van der Waals surface area contributed by atoms with Crippen LogP contribution < -0.4 is 10.2 Å². The molecule has 18 heavy (non-hydrogen) atoms. The van der Waals surface area contributed by atoms with E-state index in [4.69, 9.17) is 16.7 Å². The second-order valence-electron chi connectivity index (χ2n) is 4.29. The van der Waals surface area contributed by atoms with Gasteiger partial charge >= 0.3 is 12.0 Å². The van der Waals surface area contributed by atoms with Crippen LogP contribution in [0, 0.1) is 6.92 Å². The van der Waals surface area contributed by atoms with Crippen LogP contribution in [0.15, 0.2) is 18.2 Å². The van der Waals surface area contributed by atoms with Gasteiger partial charge in [0.15, 0.2) is 0 Å². The SMILES string of the molecule is Cc1ccc(Cl)cc1N1CC(CC(=O)O)NC1=O. The van der Waals surface area contributed by atoms with E-state index in [0.717, 1.165) is 5.56 Å². The summed E-state index contributed by atoms with van der Waals surface area (Å²) in [5, 5.41) is 11.9. The summed E-state index contributed by atoms with van der Waals surface area (Å²) >= 11 is 5.91. The minimum Gasteiger partial charge on any atom is -0.481 e. The Kier molecular flexibility index (Phi) is 3.43. The molecule has 1 aliphatic rings. The number of hydrogen-bond acceptors (Lipinski definition) is 2. The summed E-state index contributed by atoms with van der Waals surface area (Å²) in [4.78, 5) is 24.0. The van der Waals surface area contributed by atoms with Gasteiger partial charge in [-0.15, -0.1) is 0 Å². The average molecular weight is 269 g/mol. The zero-order chi connectivity index (χ0) is 13.3. The monoisotopic (exact) mass is 268 g/mol. The molecule has 2 rings (SSSR count). The molecule has 5 nitrogen and oxygen atoms in total. The van der Waals surface area contributed by atoms with Crippen molar-refractivity contribution < 1.29 is 14.7 Å². The molecule has 96 valence electrons. The van der Waals surface area contributed by atoms with Crippen molar-refractivity contribution in [2.75, 3.05) is 11.4 Å². The van der Waals surface area contributed by atoms with E-state index in [1.54, 1.807) is 12.1 Å². The third-order valence-electron chi connectivity index (χ3n) is 2.86. The highest BCUT2D eigenvalue weighted by Crippen LogP contribution is 2.26. The number of carboxylic acid groups (broad SMARTS) is 1. The van der Waals surface area contributed by atoms with E-state index < -0.39 is 5.97 Å². The summed E-state index contributed by atoms with van der Waals surface area (Å²) in [5.41, 5.74) is 1.64. The number of rotatable bonds is 3. The molecule has 1 aliphatic heterocycles. The molecule has 1 aromatic rings. The summed E-state index contributed by atoms with van der Waals surface area (Å²) in [6, 6.07) is 4.64. The number of hydrogen-bond donors (Lipinski definition) is 2. The van der Waals surface area contributed by atoms with Crippen LogP contribution in [0.4, 0.5) is 10.5 Å². The van der Waals surface area contributed by atoms with E-state index >= 15 is 0 Å². The number of amides is 2. The first-order valence-electron chi connectivity index (χ1n) is 5.53. The van der Waals surface area contributed by atoms with Crippen LogP contribution in [0.5, 0.6) is 0 Å². The average Bonchev–Trinajstić information content (AvgIpc) is 2.62. The Hall–Kier alpha value is -1.75. The molecule has 1 fully saturated rings. The lowest BCUT2D eigenvalue weighted by Gasteiger charge is -2.17. The molecule has 1 unspecified atom stereocenters. The van der Waals surface area contributed by atoms with Crippen molar-refractivity contribution in [3.05, 3.63) is 28.8 Å². The van der Waals surface area contributed by atoms with Gasteiger partial charge in [0.25, 0.3) is 0 Å². The number of carbonyl (C=O) groups is 2. The maximum Gasteiger partial charge on any atom is 0.322 e. The van der Waals surface area contributed by atoms with Gasteiger partial charge in [-0.25, -0.2) is 4.79 Å². The maximum atomic E-state index is 11.8. The Labute approximate surface area is 109 Å². The number of carboxylic acids is 1. The summed E-state index contributed by atoms with van der Waals surface area (Å²) in [6.45, 7) is 2.22. The van der Waals surface area contributed by atoms with Gasteiger partial charge in [0.05, 0.1) is 12.5 Å². The topological polar surface area (TPSA) is 69.6 Å². The lowest BCUT2D eigenvalue weighted by molar-refractivity contribution is -0.137. The number of benzene rings is 1. The summed E-state index contributed by atoms with van der Waals surface area (Å²) < 4.78 is 0. The van der Waals surface area contributed by atoms with E-state index in [2.05, 4.69) is 5.32 Å². The number of carbonyl (C=O) groups excluding carboxylic acids is 1. The highest BCUT2D eigenvalue weighted by Gasteiger charge is 2.31. The predicted molar refractivity (Wildman–Crippen MR) is 68.1 cm³/mol. The van der Waals surface area contributed by atoms with Crippen LogP contribution in [0.25, 0.3) is 0 Å². The summed E-state index contributed by atoms with van der Waals surface area (Å²) in [6.07, 6.45) is -0.0815. The molecule has 2 N–H and O–H groups in total. The highest BCUT2D eigenvalue weighted by atomic mass is 35.5. The largest absolute Gasteiger partial charge is 0.481 e. The van der Waals surface area contributed by atoms with E-state index in [1.807, 2.05) is 13.0 Å². The van der Waals surface area contributed by atoms with Gasteiger partial charge in [0.1, 0.15) is 0 Å². The molecular formula is C12H13ClN2O3. The van der Waals surface area contributed by atoms with Crippen molar-refractivity contribution in [2.45, 2.75) is 19.4 Å². The third kappa shape index (κ3) is 2.56. The summed E-state index contributed by atoms with van der Waals surface area (Å²) in [5.74, 6) is -0.926. The fraction of sp³-hybridized carbons (Fsp3) is 0.333. The highest BCUT2D eigenvalue weighted by molar-refractivity contribution is 6.31. The van der Waals surface area contributed by atoms with Gasteiger partial charge < -0.3 is 10.4 Å². The first kappa shape index (κ1) is 12.7. The van der Waals surface area contributed by atoms with Crippen LogP contribution >= 0.6 is 11.6 Å². The van der Waals surface area contributed by atoms with E-state index in [1.165, 1.54) is 4.90 Å². The van der Waals surface area contributed by atoms with Gasteiger partial charge in [-0.05, 0) is 24.6 Å². The van der Waals surface area contributed by atoms with Gasteiger partial charge in [-0.3, -0.25) is 9.69 Å². The zero-order valence-electron chi connectivity index (χ0n) is 9.81. The van der Waals surface area contributed by atoms with Crippen molar-refractivity contribution in [1.82, 2.24) is 5.32 Å². The maximum absolute atomic E-state index is 11.8. The second kappa shape index (κ2) is 4.86. The van der Waals surface area contributed by atoms with Gasteiger partial charge in [-0.1, -0.05) is 17.7 Å². The molecule has 0 saturated carbocycles. The first-order chi connectivity index (χ1) is 8.47. The molecule has 2 amide bonds. The van der Waals surface area contributed by atoms with Crippen molar-refractivity contribution in [3.8, 4) is 0 Å². The Morgan fingerprint density at radius 3 is 3.00 bits per heavy atom. The number of nitrogens with zero attached hydrogens (tertiary/aromatic N) is 1.